The molecule has 2 unspecified atom stereocenters. The van der Waals surface area contributed by atoms with Crippen molar-refractivity contribution in [3.63, 3.8) is 0 Å². The SMILES string of the molecule is CSCC(C)(O)CNC(C)c1c(F)cccc1F. The van der Waals surface area contributed by atoms with Crippen LogP contribution < -0.4 is 5.32 Å². The number of hydrogen-bond acceptors (Lipinski definition) is 3. The van der Waals surface area contributed by atoms with Gasteiger partial charge in [0.25, 0.3) is 0 Å². The first-order valence-corrected chi connectivity index (χ1v) is 7.15. The number of halogens is 2. The summed E-state index contributed by atoms with van der Waals surface area (Å²) in [5.74, 6) is -0.578. The topological polar surface area (TPSA) is 32.3 Å². The third-order valence-electron chi connectivity index (χ3n) is 2.68. The summed E-state index contributed by atoms with van der Waals surface area (Å²) in [5.41, 5.74) is -0.882. The molecule has 18 heavy (non-hydrogen) atoms. The molecule has 2 N–H and O–H groups in total. The van der Waals surface area contributed by atoms with Crippen LogP contribution in [0, 0.1) is 11.6 Å². The van der Waals surface area contributed by atoms with Crippen molar-refractivity contribution in [1.82, 2.24) is 5.32 Å². The summed E-state index contributed by atoms with van der Waals surface area (Å²) in [6.07, 6.45) is 1.90. The van der Waals surface area contributed by atoms with Gasteiger partial charge in [-0.1, -0.05) is 6.07 Å². The van der Waals surface area contributed by atoms with E-state index >= 15 is 0 Å². The number of benzene rings is 1. The summed E-state index contributed by atoms with van der Waals surface area (Å²) in [6, 6.07) is 3.32. The second-order valence-electron chi connectivity index (χ2n) is 4.67. The van der Waals surface area contributed by atoms with E-state index in [2.05, 4.69) is 5.32 Å². The van der Waals surface area contributed by atoms with Crippen LogP contribution in [0.3, 0.4) is 0 Å². The number of rotatable bonds is 6. The van der Waals surface area contributed by atoms with Gasteiger partial charge in [-0.3, -0.25) is 0 Å². The standard InChI is InChI=1S/C13H19F2NOS/c1-9(16-7-13(2,17)8-18-3)12-10(14)5-4-6-11(12)15/h4-6,9,16-17H,7-8H2,1-3H3. The van der Waals surface area contributed by atoms with Gasteiger partial charge in [-0.2, -0.15) is 11.8 Å². The lowest BCUT2D eigenvalue weighted by atomic mass is 10.0. The van der Waals surface area contributed by atoms with Crippen molar-refractivity contribution in [2.75, 3.05) is 18.6 Å². The highest BCUT2D eigenvalue weighted by Crippen LogP contribution is 2.21. The zero-order chi connectivity index (χ0) is 13.8. The maximum absolute atomic E-state index is 13.5. The average Bonchev–Trinajstić information content (AvgIpc) is 2.26. The average molecular weight is 275 g/mol. The van der Waals surface area contributed by atoms with Crippen molar-refractivity contribution in [2.24, 2.45) is 0 Å². The minimum Gasteiger partial charge on any atom is -0.388 e. The first-order chi connectivity index (χ1) is 8.37. The molecule has 0 aliphatic carbocycles. The normalized spacial score (nSPS) is 16.3. The third-order valence-corrected chi connectivity index (χ3v) is 3.59. The van der Waals surface area contributed by atoms with Gasteiger partial charge in [-0.05, 0) is 32.2 Å². The van der Waals surface area contributed by atoms with E-state index in [0.29, 0.717) is 5.75 Å². The van der Waals surface area contributed by atoms with Crippen LogP contribution in [0.4, 0.5) is 8.78 Å². The Morgan fingerprint density at radius 3 is 2.44 bits per heavy atom. The van der Waals surface area contributed by atoms with E-state index in [1.54, 1.807) is 13.8 Å². The van der Waals surface area contributed by atoms with Crippen LogP contribution in [0.15, 0.2) is 18.2 Å². The number of aliphatic hydroxyl groups is 1. The molecule has 0 saturated carbocycles. The van der Waals surface area contributed by atoms with Crippen molar-refractivity contribution < 1.29 is 13.9 Å². The van der Waals surface area contributed by atoms with E-state index in [9.17, 15) is 13.9 Å². The van der Waals surface area contributed by atoms with Crippen LogP contribution in [-0.2, 0) is 0 Å². The summed E-state index contributed by atoms with van der Waals surface area (Å²) >= 11 is 1.52. The Labute approximate surface area is 111 Å². The molecular formula is C13H19F2NOS. The van der Waals surface area contributed by atoms with Crippen LogP contribution in [-0.4, -0.2) is 29.3 Å². The van der Waals surface area contributed by atoms with E-state index in [1.165, 1.54) is 30.0 Å². The molecule has 1 aromatic carbocycles. The molecular weight excluding hydrogens is 256 g/mol. The smallest absolute Gasteiger partial charge is 0.130 e. The Balaban J connectivity index is 2.69. The lowest BCUT2D eigenvalue weighted by Gasteiger charge is -2.25. The summed E-state index contributed by atoms with van der Waals surface area (Å²) in [4.78, 5) is 0. The molecule has 0 heterocycles. The second-order valence-corrected chi connectivity index (χ2v) is 5.53. The molecule has 2 nitrogen and oxygen atoms in total. The number of nitrogens with one attached hydrogen (secondary N) is 1. The van der Waals surface area contributed by atoms with E-state index in [4.69, 9.17) is 0 Å². The lowest BCUT2D eigenvalue weighted by molar-refractivity contribution is 0.0817. The van der Waals surface area contributed by atoms with Gasteiger partial charge in [-0.15, -0.1) is 0 Å². The highest BCUT2D eigenvalue weighted by Gasteiger charge is 2.22. The Kier molecular flexibility index (Phi) is 5.56. The summed E-state index contributed by atoms with van der Waals surface area (Å²) < 4.78 is 27.0. The molecule has 2 atom stereocenters. The summed E-state index contributed by atoms with van der Waals surface area (Å²) in [5, 5.41) is 12.9. The van der Waals surface area contributed by atoms with E-state index < -0.39 is 23.3 Å². The molecule has 0 spiro atoms. The van der Waals surface area contributed by atoms with Gasteiger partial charge in [0.2, 0.25) is 0 Å². The fourth-order valence-electron chi connectivity index (χ4n) is 1.76. The maximum atomic E-state index is 13.5. The first kappa shape index (κ1) is 15.4. The number of hydrogen-bond donors (Lipinski definition) is 2. The van der Waals surface area contributed by atoms with Gasteiger partial charge >= 0.3 is 0 Å². The van der Waals surface area contributed by atoms with Crippen molar-refractivity contribution in [3.05, 3.63) is 35.4 Å². The van der Waals surface area contributed by atoms with Gasteiger partial charge in [0, 0.05) is 23.9 Å². The molecule has 0 saturated heterocycles. The van der Waals surface area contributed by atoms with Crippen molar-refractivity contribution in [3.8, 4) is 0 Å². The zero-order valence-corrected chi connectivity index (χ0v) is 11.7. The Morgan fingerprint density at radius 1 is 1.39 bits per heavy atom. The molecule has 5 heteroatoms. The second kappa shape index (κ2) is 6.50. The minimum atomic E-state index is -0.893. The molecule has 0 aliphatic heterocycles. The van der Waals surface area contributed by atoms with Crippen molar-refractivity contribution >= 4 is 11.8 Å². The fraction of sp³-hybridized carbons (Fsp3) is 0.538. The Hall–Kier alpha value is -0.650. The van der Waals surface area contributed by atoms with Crippen LogP contribution in [0.2, 0.25) is 0 Å². The lowest BCUT2D eigenvalue weighted by Crippen LogP contribution is -2.41. The third kappa shape index (κ3) is 4.23. The van der Waals surface area contributed by atoms with E-state index in [0.717, 1.165) is 0 Å². The van der Waals surface area contributed by atoms with Crippen LogP contribution in [0.25, 0.3) is 0 Å². The van der Waals surface area contributed by atoms with Gasteiger partial charge < -0.3 is 10.4 Å². The van der Waals surface area contributed by atoms with E-state index in [1.807, 2.05) is 6.26 Å². The molecule has 1 rings (SSSR count). The van der Waals surface area contributed by atoms with Crippen molar-refractivity contribution in [1.29, 1.82) is 0 Å². The van der Waals surface area contributed by atoms with Gasteiger partial charge in [0.05, 0.1) is 5.60 Å². The van der Waals surface area contributed by atoms with Crippen molar-refractivity contribution in [2.45, 2.75) is 25.5 Å². The minimum absolute atomic E-state index is 0.0115. The quantitative estimate of drug-likeness (QED) is 0.837. The fourth-order valence-corrected chi connectivity index (χ4v) is 2.49. The van der Waals surface area contributed by atoms with Gasteiger partial charge in [-0.25, -0.2) is 8.78 Å². The Bertz CT molecular complexity index is 378. The maximum Gasteiger partial charge on any atom is 0.130 e. The predicted octanol–water partition coefficient (Wildman–Crippen LogP) is 2.73. The molecule has 0 aliphatic rings. The highest BCUT2D eigenvalue weighted by atomic mass is 32.2. The molecule has 0 fully saturated rings. The largest absolute Gasteiger partial charge is 0.388 e. The molecule has 0 radical (unpaired) electrons. The highest BCUT2D eigenvalue weighted by molar-refractivity contribution is 7.98. The van der Waals surface area contributed by atoms with Gasteiger partial charge in [0.15, 0.2) is 0 Å². The monoisotopic (exact) mass is 275 g/mol. The van der Waals surface area contributed by atoms with E-state index in [-0.39, 0.29) is 12.1 Å². The molecule has 0 amide bonds. The van der Waals surface area contributed by atoms with Crippen LogP contribution in [0.1, 0.15) is 25.5 Å². The molecule has 0 bridgehead atoms. The molecule has 0 aromatic heterocycles. The summed E-state index contributed by atoms with van der Waals surface area (Å²) in [6.45, 7) is 3.65. The summed E-state index contributed by atoms with van der Waals surface area (Å²) in [7, 11) is 0. The molecule has 102 valence electrons. The number of thioether (sulfide) groups is 1. The zero-order valence-electron chi connectivity index (χ0n) is 10.8. The van der Waals surface area contributed by atoms with Gasteiger partial charge in [0.1, 0.15) is 11.6 Å². The van der Waals surface area contributed by atoms with Crippen LogP contribution >= 0.6 is 11.8 Å². The first-order valence-electron chi connectivity index (χ1n) is 5.76. The predicted molar refractivity (Wildman–Crippen MR) is 71.8 cm³/mol. The van der Waals surface area contributed by atoms with Crippen LogP contribution in [0.5, 0.6) is 0 Å². The Morgan fingerprint density at radius 2 is 1.94 bits per heavy atom. The molecule has 1 aromatic rings.